The Morgan fingerprint density at radius 3 is 2.25 bits per heavy atom. The Morgan fingerprint density at radius 2 is 1.64 bits per heavy atom. The molecule has 28 heavy (non-hydrogen) atoms. The van der Waals surface area contributed by atoms with Gasteiger partial charge >= 0.3 is 0 Å². The van der Waals surface area contributed by atoms with E-state index in [-0.39, 0.29) is 36.1 Å². The summed E-state index contributed by atoms with van der Waals surface area (Å²) < 4.78 is 0. The first kappa shape index (κ1) is 19.2. The highest BCUT2D eigenvalue weighted by molar-refractivity contribution is 6.30. The number of carbonyl (C=O) groups excluding carboxylic acids is 3. The van der Waals surface area contributed by atoms with Crippen molar-refractivity contribution in [2.45, 2.75) is 32.6 Å². The summed E-state index contributed by atoms with van der Waals surface area (Å²) in [5.41, 5.74) is 2.24. The fourth-order valence-electron chi connectivity index (χ4n) is 4.74. The van der Waals surface area contributed by atoms with Gasteiger partial charge in [-0.05, 0) is 37.5 Å². The van der Waals surface area contributed by atoms with Gasteiger partial charge in [0.2, 0.25) is 17.7 Å². The van der Waals surface area contributed by atoms with Crippen molar-refractivity contribution >= 4 is 35.0 Å². The molecule has 2 saturated heterocycles. The predicted molar refractivity (Wildman–Crippen MR) is 107 cm³/mol. The predicted octanol–water partition coefficient (Wildman–Crippen LogP) is 2.47. The number of fused-ring (bicyclic) bond motifs is 1. The van der Waals surface area contributed by atoms with Crippen LogP contribution in [0.5, 0.6) is 0 Å². The number of aryl methyl sites for hydroxylation is 1. The summed E-state index contributed by atoms with van der Waals surface area (Å²) >= 11 is 6.13. The van der Waals surface area contributed by atoms with Gasteiger partial charge in [0.1, 0.15) is 6.54 Å². The number of imide groups is 1. The lowest BCUT2D eigenvalue weighted by molar-refractivity contribution is -0.146. The maximum Gasteiger partial charge on any atom is 0.242 e. The van der Waals surface area contributed by atoms with Gasteiger partial charge in [-0.15, -0.1) is 0 Å². The van der Waals surface area contributed by atoms with E-state index in [4.69, 9.17) is 11.6 Å². The summed E-state index contributed by atoms with van der Waals surface area (Å²) in [5.74, 6) is -0.816. The first-order chi connectivity index (χ1) is 13.5. The molecule has 0 N–H and O–H groups in total. The van der Waals surface area contributed by atoms with Crippen molar-refractivity contribution in [3.8, 4) is 0 Å². The van der Waals surface area contributed by atoms with Crippen LogP contribution in [0.4, 0.5) is 5.69 Å². The van der Waals surface area contributed by atoms with E-state index in [2.05, 4.69) is 4.90 Å². The monoisotopic (exact) mass is 403 g/mol. The molecule has 6 nitrogen and oxygen atoms in total. The van der Waals surface area contributed by atoms with Crippen molar-refractivity contribution in [3.63, 3.8) is 0 Å². The number of anilines is 1. The molecule has 7 heteroatoms. The van der Waals surface area contributed by atoms with Crippen LogP contribution in [0.25, 0.3) is 0 Å². The molecule has 0 spiro atoms. The van der Waals surface area contributed by atoms with Gasteiger partial charge in [-0.3, -0.25) is 19.3 Å². The van der Waals surface area contributed by atoms with Gasteiger partial charge in [-0.1, -0.05) is 30.5 Å². The molecule has 2 atom stereocenters. The topological polar surface area (TPSA) is 60.9 Å². The minimum absolute atomic E-state index is 0.110. The second-order valence-corrected chi connectivity index (χ2v) is 8.50. The van der Waals surface area contributed by atoms with Crippen LogP contribution < -0.4 is 4.90 Å². The van der Waals surface area contributed by atoms with Gasteiger partial charge in [0, 0.05) is 36.9 Å². The van der Waals surface area contributed by atoms with Crippen LogP contribution in [0.2, 0.25) is 5.02 Å². The van der Waals surface area contributed by atoms with E-state index in [1.165, 1.54) is 4.90 Å². The number of nitrogens with zero attached hydrogens (tertiary/aromatic N) is 3. The minimum atomic E-state index is -0.197. The number of likely N-dealkylation sites (tertiary alicyclic amines) is 1. The Labute approximate surface area is 170 Å². The molecule has 1 aromatic rings. The maximum absolute atomic E-state index is 12.8. The lowest BCUT2D eigenvalue weighted by atomic mass is 9.81. The Morgan fingerprint density at radius 1 is 1.04 bits per heavy atom. The van der Waals surface area contributed by atoms with Crippen LogP contribution in [0.15, 0.2) is 18.2 Å². The van der Waals surface area contributed by atoms with E-state index < -0.39 is 0 Å². The molecule has 0 radical (unpaired) electrons. The van der Waals surface area contributed by atoms with Crippen LogP contribution in [-0.2, 0) is 14.4 Å². The van der Waals surface area contributed by atoms with Crippen LogP contribution in [0.3, 0.4) is 0 Å². The molecule has 3 fully saturated rings. The molecule has 3 aliphatic rings. The van der Waals surface area contributed by atoms with Crippen molar-refractivity contribution < 1.29 is 14.4 Å². The molecule has 1 aromatic carbocycles. The number of rotatable bonds is 3. The zero-order valence-corrected chi connectivity index (χ0v) is 17.0. The third-order valence-corrected chi connectivity index (χ3v) is 6.61. The summed E-state index contributed by atoms with van der Waals surface area (Å²) in [4.78, 5) is 43.1. The Kier molecular flexibility index (Phi) is 5.32. The van der Waals surface area contributed by atoms with Crippen molar-refractivity contribution in [2.75, 3.05) is 37.6 Å². The van der Waals surface area contributed by atoms with Crippen LogP contribution >= 0.6 is 11.6 Å². The number of hydrogen-bond acceptors (Lipinski definition) is 4. The molecule has 0 aromatic heterocycles. The van der Waals surface area contributed by atoms with Crippen molar-refractivity contribution in [1.29, 1.82) is 0 Å². The Balaban J connectivity index is 1.36. The zero-order valence-electron chi connectivity index (χ0n) is 16.2. The Bertz CT molecular complexity index is 780. The largest absolute Gasteiger partial charge is 0.368 e. The van der Waals surface area contributed by atoms with Crippen molar-refractivity contribution in [3.05, 3.63) is 28.8 Å². The summed E-state index contributed by atoms with van der Waals surface area (Å²) in [7, 11) is 0. The zero-order chi connectivity index (χ0) is 19.8. The summed E-state index contributed by atoms with van der Waals surface area (Å²) in [5, 5.41) is 0.701. The number of carbonyl (C=O) groups is 3. The summed E-state index contributed by atoms with van der Waals surface area (Å²) in [6, 6.07) is 5.83. The SMILES string of the molecule is Cc1ccc(Cl)cc1N1CCN(C(=O)CN2C(=O)[C@@H]3CCCC[C@H]3C2=O)CC1. The molecule has 2 heterocycles. The van der Waals surface area contributed by atoms with E-state index >= 15 is 0 Å². The second kappa shape index (κ2) is 7.74. The highest BCUT2D eigenvalue weighted by Gasteiger charge is 2.48. The van der Waals surface area contributed by atoms with E-state index in [1.54, 1.807) is 4.90 Å². The molecule has 0 bridgehead atoms. The quantitative estimate of drug-likeness (QED) is 0.727. The molecule has 3 amide bonds. The van der Waals surface area contributed by atoms with Crippen molar-refractivity contribution in [1.82, 2.24) is 9.80 Å². The highest BCUT2D eigenvalue weighted by atomic mass is 35.5. The summed E-state index contributed by atoms with van der Waals surface area (Å²) in [6.07, 6.45) is 3.54. The fraction of sp³-hybridized carbons (Fsp3) is 0.571. The van der Waals surface area contributed by atoms with Crippen LogP contribution in [0.1, 0.15) is 31.2 Å². The van der Waals surface area contributed by atoms with Gasteiger partial charge in [-0.2, -0.15) is 0 Å². The van der Waals surface area contributed by atoms with E-state index in [1.807, 2.05) is 25.1 Å². The van der Waals surface area contributed by atoms with E-state index in [9.17, 15) is 14.4 Å². The summed E-state index contributed by atoms with van der Waals surface area (Å²) in [6.45, 7) is 4.51. The maximum atomic E-state index is 12.8. The molecule has 2 aliphatic heterocycles. The number of halogens is 1. The third kappa shape index (κ3) is 3.50. The van der Waals surface area contributed by atoms with Crippen LogP contribution in [-0.4, -0.2) is 60.2 Å². The average Bonchev–Trinajstić information content (AvgIpc) is 2.95. The molecular weight excluding hydrogens is 378 g/mol. The number of benzene rings is 1. The standard InChI is InChI=1S/C21H26ClN3O3/c1-14-6-7-15(22)12-18(14)23-8-10-24(11-9-23)19(26)13-25-20(27)16-4-2-3-5-17(16)21(25)28/h6-7,12,16-17H,2-5,8-11,13H2,1H3/t16-,17-/m1/s1. The molecule has 4 rings (SSSR count). The molecule has 0 unspecified atom stereocenters. The lowest BCUT2D eigenvalue weighted by Crippen LogP contribution is -2.52. The first-order valence-corrected chi connectivity index (χ1v) is 10.5. The number of piperazine rings is 1. The van der Waals surface area contributed by atoms with Gasteiger partial charge in [0.25, 0.3) is 0 Å². The second-order valence-electron chi connectivity index (χ2n) is 8.06. The molecular formula is C21H26ClN3O3. The van der Waals surface area contributed by atoms with Crippen LogP contribution in [0, 0.1) is 18.8 Å². The molecule has 1 aliphatic carbocycles. The number of amides is 3. The lowest BCUT2D eigenvalue weighted by Gasteiger charge is -2.37. The van der Waals surface area contributed by atoms with Gasteiger partial charge in [-0.25, -0.2) is 0 Å². The molecule has 1 saturated carbocycles. The van der Waals surface area contributed by atoms with E-state index in [0.717, 1.165) is 36.9 Å². The van der Waals surface area contributed by atoms with E-state index in [0.29, 0.717) is 31.2 Å². The average molecular weight is 404 g/mol. The minimum Gasteiger partial charge on any atom is -0.368 e. The van der Waals surface area contributed by atoms with Gasteiger partial charge < -0.3 is 9.80 Å². The van der Waals surface area contributed by atoms with Gasteiger partial charge in [0.05, 0.1) is 11.8 Å². The number of hydrogen-bond donors (Lipinski definition) is 0. The van der Waals surface area contributed by atoms with Crippen molar-refractivity contribution in [2.24, 2.45) is 11.8 Å². The fourth-order valence-corrected chi connectivity index (χ4v) is 4.91. The molecule has 150 valence electrons. The smallest absolute Gasteiger partial charge is 0.242 e. The third-order valence-electron chi connectivity index (χ3n) is 6.37. The van der Waals surface area contributed by atoms with Gasteiger partial charge in [0.15, 0.2) is 0 Å². The normalized spacial score (nSPS) is 25.3. The Hall–Kier alpha value is -2.08. The first-order valence-electron chi connectivity index (χ1n) is 10.1. The highest BCUT2D eigenvalue weighted by Crippen LogP contribution is 2.38.